The highest BCUT2D eigenvalue weighted by Gasteiger charge is 2.73. The summed E-state index contributed by atoms with van der Waals surface area (Å²) in [5.41, 5.74) is 6.00. The van der Waals surface area contributed by atoms with E-state index < -0.39 is 15.7 Å². The van der Waals surface area contributed by atoms with Crippen LogP contribution in [-0.2, 0) is 14.9 Å². The van der Waals surface area contributed by atoms with Crippen LogP contribution in [0.1, 0.15) is 12.0 Å². The predicted octanol–water partition coefficient (Wildman–Crippen LogP) is 2.26. The SMILES string of the molecule is COC(=O)C1(c2ccc(N)cc2)CC1(Cl)Cl. The molecule has 1 unspecified atom stereocenters. The van der Waals surface area contributed by atoms with E-state index in [0.717, 1.165) is 5.56 Å². The van der Waals surface area contributed by atoms with Crippen LogP contribution in [0.5, 0.6) is 0 Å². The Morgan fingerprint density at radius 1 is 1.38 bits per heavy atom. The highest BCUT2D eigenvalue weighted by Crippen LogP contribution is 2.65. The summed E-state index contributed by atoms with van der Waals surface area (Å²) in [6, 6.07) is 6.92. The number of rotatable bonds is 2. The summed E-state index contributed by atoms with van der Waals surface area (Å²) in [5.74, 6) is -0.415. The molecule has 0 amide bonds. The van der Waals surface area contributed by atoms with Crippen LogP contribution in [0.2, 0.25) is 0 Å². The van der Waals surface area contributed by atoms with Gasteiger partial charge in [0, 0.05) is 12.1 Å². The van der Waals surface area contributed by atoms with Gasteiger partial charge in [-0.2, -0.15) is 0 Å². The molecule has 1 aromatic carbocycles. The number of hydrogen-bond acceptors (Lipinski definition) is 3. The number of methoxy groups -OCH3 is 1. The summed E-state index contributed by atoms with van der Waals surface area (Å²) in [6.07, 6.45) is 0.361. The number of carbonyl (C=O) groups excluding carboxylic acids is 1. The van der Waals surface area contributed by atoms with Crippen molar-refractivity contribution in [1.29, 1.82) is 0 Å². The third-order valence-electron chi connectivity index (χ3n) is 2.92. The molecule has 86 valence electrons. The highest BCUT2D eigenvalue weighted by molar-refractivity contribution is 6.54. The van der Waals surface area contributed by atoms with Gasteiger partial charge in [0.1, 0.15) is 9.75 Å². The second-order valence-corrected chi connectivity index (χ2v) is 5.38. The summed E-state index contributed by atoms with van der Waals surface area (Å²) in [7, 11) is 1.32. The first kappa shape index (κ1) is 11.6. The van der Waals surface area contributed by atoms with Crippen molar-refractivity contribution in [3.05, 3.63) is 29.8 Å². The van der Waals surface area contributed by atoms with Crippen LogP contribution < -0.4 is 5.73 Å². The maximum Gasteiger partial charge on any atom is 0.319 e. The van der Waals surface area contributed by atoms with Gasteiger partial charge in [0.25, 0.3) is 0 Å². The Hall–Kier alpha value is -0.930. The zero-order chi connectivity index (χ0) is 12.0. The zero-order valence-corrected chi connectivity index (χ0v) is 10.2. The Kier molecular flexibility index (Phi) is 2.55. The molecular weight excluding hydrogens is 249 g/mol. The van der Waals surface area contributed by atoms with Crippen molar-refractivity contribution in [2.24, 2.45) is 0 Å². The molecule has 3 nitrogen and oxygen atoms in total. The maximum absolute atomic E-state index is 11.8. The normalized spacial score (nSPS) is 26.2. The van der Waals surface area contributed by atoms with Crippen molar-refractivity contribution < 1.29 is 9.53 Å². The average molecular weight is 260 g/mol. The van der Waals surface area contributed by atoms with Gasteiger partial charge in [-0.05, 0) is 17.7 Å². The molecule has 0 aromatic heterocycles. The first-order valence-electron chi connectivity index (χ1n) is 4.76. The maximum atomic E-state index is 11.8. The van der Waals surface area contributed by atoms with E-state index in [-0.39, 0.29) is 0 Å². The fraction of sp³-hybridized carbons (Fsp3) is 0.364. The van der Waals surface area contributed by atoms with E-state index in [1.165, 1.54) is 7.11 Å². The van der Waals surface area contributed by atoms with E-state index in [1.54, 1.807) is 24.3 Å². The number of alkyl halides is 2. The van der Waals surface area contributed by atoms with Gasteiger partial charge >= 0.3 is 5.97 Å². The molecule has 5 heteroatoms. The molecule has 1 saturated carbocycles. The van der Waals surface area contributed by atoms with E-state index in [0.29, 0.717) is 12.1 Å². The summed E-state index contributed by atoms with van der Waals surface area (Å²) in [5, 5.41) is 0. The quantitative estimate of drug-likeness (QED) is 0.504. The lowest BCUT2D eigenvalue weighted by Gasteiger charge is -2.16. The lowest BCUT2D eigenvalue weighted by Crippen LogP contribution is -2.27. The number of benzene rings is 1. The Labute approximate surface area is 103 Å². The van der Waals surface area contributed by atoms with Crippen LogP contribution in [0.15, 0.2) is 24.3 Å². The minimum atomic E-state index is -1.09. The Morgan fingerprint density at radius 2 is 1.88 bits per heavy atom. The number of esters is 1. The number of anilines is 1. The van der Waals surface area contributed by atoms with Crippen molar-refractivity contribution >= 4 is 34.9 Å². The van der Waals surface area contributed by atoms with Gasteiger partial charge in [0.05, 0.1) is 7.11 Å². The second-order valence-electron chi connectivity index (χ2n) is 3.90. The lowest BCUT2D eigenvalue weighted by atomic mass is 9.96. The van der Waals surface area contributed by atoms with E-state index in [9.17, 15) is 4.79 Å². The highest BCUT2D eigenvalue weighted by atomic mass is 35.5. The van der Waals surface area contributed by atoms with Gasteiger partial charge in [0.2, 0.25) is 0 Å². The van der Waals surface area contributed by atoms with Crippen molar-refractivity contribution in [3.63, 3.8) is 0 Å². The molecule has 1 fully saturated rings. The Balaban J connectivity index is 2.43. The molecule has 0 aliphatic heterocycles. The fourth-order valence-corrected chi connectivity index (χ4v) is 2.66. The first-order chi connectivity index (χ1) is 7.44. The van der Waals surface area contributed by atoms with E-state index in [4.69, 9.17) is 33.7 Å². The second kappa shape index (κ2) is 3.54. The molecule has 2 N–H and O–H groups in total. The average Bonchev–Trinajstić information content (AvgIpc) is 2.83. The van der Waals surface area contributed by atoms with Crippen LogP contribution >= 0.6 is 23.2 Å². The number of ether oxygens (including phenoxy) is 1. The number of nitrogens with two attached hydrogens (primary N) is 1. The van der Waals surface area contributed by atoms with Crippen molar-refractivity contribution in [2.75, 3.05) is 12.8 Å². The van der Waals surface area contributed by atoms with E-state index in [2.05, 4.69) is 0 Å². The van der Waals surface area contributed by atoms with E-state index >= 15 is 0 Å². The summed E-state index contributed by atoms with van der Waals surface area (Å²) >= 11 is 12.1. The van der Waals surface area contributed by atoms with Crippen LogP contribution in [-0.4, -0.2) is 17.4 Å². The van der Waals surface area contributed by atoms with Gasteiger partial charge in [-0.1, -0.05) is 35.3 Å². The molecule has 2 rings (SSSR count). The monoisotopic (exact) mass is 259 g/mol. The number of carbonyl (C=O) groups is 1. The molecule has 0 heterocycles. The molecule has 1 aliphatic rings. The lowest BCUT2D eigenvalue weighted by molar-refractivity contribution is -0.143. The molecule has 16 heavy (non-hydrogen) atoms. The third kappa shape index (κ3) is 1.46. The predicted molar refractivity (Wildman–Crippen MR) is 63.6 cm³/mol. The van der Waals surface area contributed by atoms with Gasteiger partial charge in [-0.15, -0.1) is 0 Å². The molecule has 0 radical (unpaired) electrons. The topological polar surface area (TPSA) is 52.3 Å². The Bertz CT molecular complexity index is 430. The summed E-state index contributed by atoms with van der Waals surface area (Å²) in [4.78, 5) is 11.8. The minimum absolute atomic E-state index is 0.361. The summed E-state index contributed by atoms with van der Waals surface area (Å²) < 4.78 is 3.67. The fourth-order valence-electron chi connectivity index (χ4n) is 1.88. The van der Waals surface area contributed by atoms with Gasteiger partial charge in [-0.25, -0.2) is 0 Å². The third-order valence-corrected chi connectivity index (χ3v) is 3.84. The molecule has 1 aliphatic carbocycles. The molecular formula is C11H11Cl2NO2. The van der Waals surface area contributed by atoms with Crippen LogP contribution in [0, 0.1) is 0 Å². The molecule has 0 spiro atoms. The van der Waals surface area contributed by atoms with Crippen LogP contribution in [0.25, 0.3) is 0 Å². The molecule has 1 aromatic rings. The zero-order valence-electron chi connectivity index (χ0n) is 8.67. The largest absolute Gasteiger partial charge is 0.468 e. The van der Waals surface area contributed by atoms with Crippen molar-refractivity contribution in [2.45, 2.75) is 16.2 Å². The number of halogens is 2. The van der Waals surface area contributed by atoms with Gasteiger partial charge < -0.3 is 10.5 Å². The van der Waals surface area contributed by atoms with Gasteiger partial charge in [0.15, 0.2) is 0 Å². The Morgan fingerprint density at radius 3 is 2.25 bits per heavy atom. The van der Waals surface area contributed by atoms with Crippen molar-refractivity contribution in [1.82, 2.24) is 0 Å². The standard InChI is InChI=1S/C11H11Cl2NO2/c1-16-9(15)10(6-11(10,12)13)7-2-4-8(14)5-3-7/h2-5H,6,14H2,1H3. The summed E-state index contributed by atoms with van der Waals surface area (Å²) in [6.45, 7) is 0. The number of nitrogen functional groups attached to an aromatic ring is 1. The van der Waals surface area contributed by atoms with Crippen molar-refractivity contribution in [3.8, 4) is 0 Å². The molecule has 0 bridgehead atoms. The minimum Gasteiger partial charge on any atom is -0.468 e. The smallest absolute Gasteiger partial charge is 0.319 e. The first-order valence-corrected chi connectivity index (χ1v) is 5.52. The molecule has 1 atom stereocenters. The van der Waals surface area contributed by atoms with Crippen LogP contribution in [0.4, 0.5) is 5.69 Å². The molecule has 0 saturated heterocycles. The van der Waals surface area contributed by atoms with Gasteiger partial charge in [-0.3, -0.25) is 4.79 Å². The van der Waals surface area contributed by atoms with Crippen LogP contribution in [0.3, 0.4) is 0 Å². The van der Waals surface area contributed by atoms with E-state index in [1.807, 2.05) is 0 Å². The number of hydrogen-bond donors (Lipinski definition) is 1.